The Hall–Kier alpha value is -3.66. The Balaban J connectivity index is 1.60. The molecule has 7 nitrogen and oxygen atoms in total. The third-order valence-corrected chi connectivity index (χ3v) is 3.29. The van der Waals surface area contributed by atoms with Crippen molar-refractivity contribution >= 4 is 17.8 Å². The smallest absolute Gasteiger partial charge is 0.370 e. The minimum absolute atomic E-state index is 0.184. The SMILES string of the molecule is N#Cc1ccc(OCC(=O)ON2C(=O)c3ccccc3C2=O)cc1. The number of hydrogen-bond donors (Lipinski definition) is 0. The Labute approximate surface area is 136 Å². The highest BCUT2D eigenvalue weighted by molar-refractivity contribution is 6.20. The lowest BCUT2D eigenvalue weighted by Gasteiger charge is -2.13. The highest BCUT2D eigenvalue weighted by Gasteiger charge is 2.38. The molecule has 7 heteroatoms. The third-order valence-electron chi connectivity index (χ3n) is 3.29. The average molecular weight is 322 g/mol. The number of benzene rings is 2. The predicted octanol–water partition coefficient (Wildman–Crippen LogP) is 1.69. The lowest BCUT2D eigenvalue weighted by molar-refractivity contribution is -0.170. The zero-order valence-corrected chi connectivity index (χ0v) is 12.3. The van der Waals surface area contributed by atoms with Gasteiger partial charge < -0.3 is 9.57 Å². The second-order valence-electron chi connectivity index (χ2n) is 4.84. The molecule has 0 saturated carbocycles. The quantitative estimate of drug-likeness (QED) is 0.795. The van der Waals surface area contributed by atoms with Crippen LogP contribution >= 0.6 is 0 Å². The van der Waals surface area contributed by atoms with Crippen molar-refractivity contribution in [1.29, 1.82) is 5.26 Å². The zero-order valence-electron chi connectivity index (χ0n) is 12.3. The van der Waals surface area contributed by atoms with Gasteiger partial charge in [-0.15, -0.1) is 0 Å². The van der Waals surface area contributed by atoms with E-state index in [0.717, 1.165) is 0 Å². The fourth-order valence-electron chi connectivity index (χ4n) is 2.15. The number of nitriles is 1. The van der Waals surface area contributed by atoms with Gasteiger partial charge in [0.05, 0.1) is 22.8 Å². The number of fused-ring (bicyclic) bond motifs is 1. The van der Waals surface area contributed by atoms with Crippen LogP contribution in [0, 0.1) is 11.3 Å². The molecule has 0 spiro atoms. The van der Waals surface area contributed by atoms with Gasteiger partial charge in [0.15, 0.2) is 6.61 Å². The summed E-state index contributed by atoms with van der Waals surface area (Å²) in [6.45, 7) is -0.487. The van der Waals surface area contributed by atoms with Gasteiger partial charge in [0.2, 0.25) is 0 Å². The second kappa shape index (κ2) is 6.22. The predicted molar refractivity (Wildman–Crippen MR) is 79.7 cm³/mol. The van der Waals surface area contributed by atoms with Crippen LogP contribution in [0.4, 0.5) is 0 Å². The third kappa shape index (κ3) is 2.80. The van der Waals surface area contributed by atoms with Crippen LogP contribution in [0.25, 0.3) is 0 Å². The molecule has 118 valence electrons. The number of ether oxygens (including phenoxy) is 1. The number of carbonyl (C=O) groups excluding carboxylic acids is 3. The maximum atomic E-state index is 12.0. The van der Waals surface area contributed by atoms with E-state index in [1.54, 1.807) is 12.1 Å². The number of hydroxylamine groups is 2. The first-order chi connectivity index (χ1) is 11.6. The number of hydrogen-bond acceptors (Lipinski definition) is 6. The number of imide groups is 1. The van der Waals surface area contributed by atoms with Crippen molar-refractivity contribution in [2.45, 2.75) is 0 Å². The molecule has 0 aromatic heterocycles. The van der Waals surface area contributed by atoms with Gasteiger partial charge in [-0.3, -0.25) is 9.59 Å². The Morgan fingerprint density at radius 3 is 2.12 bits per heavy atom. The van der Waals surface area contributed by atoms with Gasteiger partial charge in [-0.2, -0.15) is 5.26 Å². The fraction of sp³-hybridized carbons (Fsp3) is 0.0588. The normalized spacial score (nSPS) is 12.5. The molecule has 0 radical (unpaired) electrons. The molecule has 1 aliphatic rings. The van der Waals surface area contributed by atoms with E-state index in [9.17, 15) is 14.4 Å². The van der Waals surface area contributed by atoms with Crippen LogP contribution in [0.1, 0.15) is 26.3 Å². The number of carbonyl (C=O) groups is 3. The highest BCUT2D eigenvalue weighted by atomic mass is 16.7. The molecule has 0 saturated heterocycles. The average Bonchev–Trinajstić information content (AvgIpc) is 2.86. The zero-order chi connectivity index (χ0) is 17.1. The van der Waals surface area contributed by atoms with E-state index in [0.29, 0.717) is 16.4 Å². The Kier molecular flexibility index (Phi) is 3.95. The maximum absolute atomic E-state index is 12.0. The van der Waals surface area contributed by atoms with Crippen molar-refractivity contribution in [3.63, 3.8) is 0 Å². The van der Waals surface area contributed by atoms with Crippen LogP contribution in [0.3, 0.4) is 0 Å². The van der Waals surface area contributed by atoms with E-state index in [2.05, 4.69) is 0 Å². The van der Waals surface area contributed by atoms with Crippen molar-refractivity contribution in [3.8, 4) is 11.8 Å². The molecule has 2 aromatic rings. The van der Waals surface area contributed by atoms with E-state index >= 15 is 0 Å². The summed E-state index contributed by atoms with van der Waals surface area (Å²) in [6.07, 6.45) is 0. The monoisotopic (exact) mass is 322 g/mol. The molecule has 0 atom stereocenters. The van der Waals surface area contributed by atoms with Crippen molar-refractivity contribution < 1.29 is 24.0 Å². The summed E-state index contributed by atoms with van der Waals surface area (Å²) >= 11 is 0. The van der Waals surface area contributed by atoms with Gasteiger partial charge in [-0.05, 0) is 36.4 Å². The van der Waals surface area contributed by atoms with Crippen molar-refractivity contribution in [2.24, 2.45) is 0 Å². The standard InChI is InChI=1S/C17H10N2O5/c18-9-11-5-7-12(8-6-11)23-10-15(20)24-19-16(21)13-3-1-2-4-14(13)17(19)22/h1-8H,10H2. The Bertz CT molecular complexity index is 832. The summed E-state index contributed by atoms with van der Waals surface area (Å²) in [5, 5.41) is 9.12. The largest absolute Gasteiger partial charge is 0.482 e. The molecule has 3 rings (SSSR count). The topological polar surface area (TPSA) is 96.7 Å². The number of amides is 2. The first kappa shape index (κ1) is 15.2. The molecule has 24 heavy (non-hydrogen) atoms. The summed E-state index contributed by atoms with van der Waals surface area (Å²) in [5.41, 5.74) is 0.822. The molecule has 0 aliphatic carbocycles. The van der Waals surface area contributed by atoms with Gasteiger partial charge in [-0.1, -0.05) is 17.2 Å². The molecule has 2 aromatic carbocycles. The number of rotatable bonds is 4. The molecule has 1 aliphatic heterocycles. The molecule has 0 unspecified atom stereocenters. The van der Waals surface area contributed by atoms with E-state index in [1.165, 1.54) is 36.4 Å². The molecular formula is C17H10N2O5. The second-order valence-corrected chi connectivity index (χ2v) is 4.84. The van der Waals surface area contributed by atoms with E-state index < -0.39 is 24.4 Å². The van der Waals surface area contributed by atoms with Crippen LogP contribution in [0.15, 0.2) is 48.5 Å². The molecule has 0 bridgehead atoms. The van der Waals surface area contributed by atoms with Crippen LogP contribution < -0.4 is 4.74 Å². The molecule has 1 heterocycles. The summed E-state index contributed by atoms with van der Waals surface area (Å²) in [7, 11) is 0. The first-order valence-electron chi connectivity index (χ1n) is 6.91. The fourth-order valence-corrected chi connectivity index (χ4v) is 2.15. The molecule has 0 fully saturated rings. The van der Waals surface area contributed by atoms with E-state index in [4.69, 9.17) is 14.8 Å². The van der Waals surface area contributed by atoms with Gasteiger partial charge in [0, 0.05) is 0 Å². The van der Waals surface area contributed by atoms with Crippen LogP contribution in [0.5, 0.6) is 5.75 Å². The van der Waals surface area contributed by atoms with Crippen LogP contribution in [-0.4, -0.2) is 29.5 Å². The van der Waals surface area contributed by atoms with Gasteiger partial charge in [-0.25, -0.2) is 4.79 Å². The minimum atomic E-state index is -0.895. The lowest BCUT2D eigenvalue weighted by Crippen LogP contribution is -2.34. The van der Waals surface area contributed by atoms with E-state index in [-0.39, 0.29) is 11.1 Å². The minimum Gasteiger partial charge on any atom is -0.482 e. The molecule has 0 N–H and O–H groups in total. The maximum Gasteiger partial charge on any atom is 0.370 e. The van der Waals surface area contributed by atoms with Crippen LogP contribution in [0.2, 0.25) is 0 Å². The van der Waals surface area contributed by atoms with Gasteiger partial charge in [0.25, 0.3) is 11.8 Å². The first-order valence-corrected chi connectivity index (χ1v) is 6.91. The van der Waals surface area contributed by atoms with Crippen molar-refractivity contribution in [3.05, 3.63) is 65.2 Å². The summed E-state index contributed by atoms with van der Waals surface area (Å²) in [5.74, 6) is -1.92. The van der Waals surface area contributed by atoms with Crippen LogP contribution in [-0.2, 0) is 9.63 Å². The Morgan fingerprint density at radius 1 is 1.00 bits per heavy atom. The van der Waals surface area contributed by atoms with Gasteiger partial charge >= 0.3 is 5.97 Å². The summed E-state index contributed by atoms with van der Waals surface area (Å²) < 4.78 is 5.19. The van der Waals surface area contributed by atoms with Gasteiger partial charge in [0.1, 0.15) is 5.75 Å². The van der Waals surface area contributed by atoms with Crippen molar-refractivity contribution in [2.75, 3.05) is 6.61 Å². The summed E-state index contributed by atoms with van der Waals surface area (Å²) in [6, 6.07) is 14.3. The number of nitrogens with zero attached hydrogens (tertiary/aromatic N) is 2. The van der Waals surface area contributed by atoms with Crippen molar-refractivity contribution in [1.82, 2.24) is 5.06 Å². The van der Waals surface area contributed by atoms with E-state index in [1.807, 2.05) is 6.07 Å². The summed E-state index contributed by atoms with van der Waals surface area (Å²) in [4.78, 5) is 40.7. The molecule has 2 amide bonds. The molecular weight excluding hydrogens is 312 g/mol. The lowest BCUT2D eigenvalue weighted by atomic mass is 10.1. The highest BCUT2D eigenvalue weighted by Crippen LogP contribution is 2.22. The Morgan fingerprint density at radius 2 is 1.58 bits per heavy atom.